The van der Waals surface area contributed by atoms with Crippen molar-refractivity contribution in [3.63, 3.8) is 0 Å². The van der Waals surface area contributed by atoms with Crippen LogP contribution in [0.5, 0.6) is 0 Å². The molecule has 1 aliphatic heterocycles. The molecule has 7 heteroatoms. The summed E-state index contributed by atoms with van der Waals surface area (Å²) in [4.78, 5) is 42.1. The predicted octanol–water partition coefficient (Wildman–Crippen LogP) is 7.22. The number of hydrogen-bond donors (Lipinski definition) is 0. The van der Waals surface area contributed by atoms with Crippen LogP contribution in [0.1, 0.15) is 71.6 Å². The Bertz CT molecular complexity index is 1350. The molecule has 0 unspecified atom stereocenters. The van der Waals surface area contributed by atoms with E-state index in [4.69, 9.17) is 4.74 Å². The third-order valence-electron chi connectivity index (χ3n) is 8.43. The van der Waals surface area contributed by atoms with E-state index in [-0.39, 0.29) is 11.8 Å². The SMILES string of the molecule is CCCCCCCOC(=O)c1ccc(N2C(=O)[C@@H]3[C@@H](C2=O)C2(Br)c4ccccc4C3(Br)c3ccccc32)cc1. The lowest BCUT2D eigenvalue weighted by Gasteiger charge is -2.55. The van der Waals surface area contributed by atoms with Gasteiger partial charge < -0.3 is 4.74 Å². The molecule has 0 aromatic heterocycles. The molecular formula is C32H29Br2NO4. The van der Waals surface area contributed by atoms with E-state index in [1.165, 1.54) is 17.7 Å². The molecule has 1 heterocycles. The molecule has 0 N–H and O–H groups in total. The third kappa shape index (κ3) is 3.80. The number of nitrogens with zero attached hydrogens (tertiary/aromatic N) is 1. The maximum absolute atomic E-state index is 14.1. The van der Waals surface area contributed by atoms with Gasteiger partial charge in [-0.1, -0.05) is 113 Å². The van der Waals surface area contributed by atoms with Crippen molar-refractivity contribution in [3.8, 4) is 0 Å². The van der Waals surface area contributed by atoms with Crippen molar-refractivity contribution in [2.24, 2.45) is 11.8 Å². The molecule has 5 nitrogen and oxygen atoms in total. The highest BCUT2D eigenvalue weighted by Gasteiger charge is 2.72. The van der Waals surface area contributed by atoms with Gasteiger partial charge in [0.05, 0.1) is 38.3 Å². The molecule has 3 aromatic carbocycles. The largest absolute Gasteiger partial charge is 0.462 e. The Morgan fingerprint density at radius 1 is 0.744 bits per heavy atom. The number of unbranched alkanes of at least 4 members (excludes halogenated alkanes) is 4. The highest BCUT2D eigenvalue weighted by atomic mass is 79.9. The molecule has 2 amide bonds. The second kappa shape index (κ2) is 10.0. The molecule has 200 valence electrons. The van der Waals surface area contributed by atoms with Gasteiger partial charge >= 0.3 is 5.97 Å². The molecule has 0 spiro atoms. The molecule has 1 fully saturated rings. The summed E-state index contributed by atoms with van der Waals surface area (Å²) in [5, 5.41) is 0. The average molecular weight is 651 g/mol. The summed E-state index contributed by atoms with van der Waals surface area (Å²) in [6.07, 6.45) is 5.39. The first-order valence-electron chi connectivity index (χ1n) is 13.6. The Kier molecular flexibility index (Phi) is 6.79. The van der Waals surface area contributed by atoms with Crippen molar-refractivity contribution in [3.05, 3.63) is 101 Å². The first kappa shape index (κ1) is 26.5. The van der Waals surface area contributed by atoms with Crippen LogP contribution in [-0.2, 0) is 23.0 Å². The van der Waals surface area contributed by atoms with E-state index in [9.17, 15) is 14.4 Å². The number of benzene rings is 3. The number of carbonyl (C=O) groups is 3. The van der Waals surface area contributed by atoms with Crippen molar-refractivity contribution in [1.29, 1.82) is 0 Å². The second-order valence-electron chi connectivity index (χ2n) is 10.6. The fraction of sp³-hybridized carbons (Fsp3) is 0.344. The summed E-state index contributed by atoms with van der Waals surface area (Å²) in [6, 6.07) is 22.6. The van der Waals surface area contributed by atoms with Gasteiger partial charge in [0.1, 0.15) is 0 Å². The fourth-order valence-electron chi connectivity index (χ4n) is 6.62. The number of rotatable bonds is 8. The van der Waals surface area contributed by atoms with Crippen LogP contribution < -0.4 is 4.90 Å². The molecule has 39 heavy (non-hydrogen) atoms. The second-order valence-corrected chi connectivity index (χ2v) is 13.1. The quantitative estimate of drug-likeness (QED) is 0.112. The Balaban J connectivity index is 1.30. The molecule has 1 saturated heterocycles. The molecule has 0 saturated carbocycles. The predicted molar refractivity (Wildman–Crippen MR) is 157 cm³/mol. The van der Waals surface area contributed by atoms with Gasteiger partial charge in [-0.3, -0.25) is 9.59 Å². The van der Waals surface area contributed by atoms with Gasteiger partial charge in [0.15, 0.2) is 0 Å². The summed E-state index contributed by atoms with van der Waals surface area (Å²) < 4.78 is 3.77. The highest BCUT2D eigenvalue weighted by molar-refractivity contribution is 9.10. The van der Waals surface area contributed by atoms with Crippen molar-refractivity contribution in [2.45, 2.75) is 47.7 Å². The van der Waals surface area contributed by atoms with Gasteiger partial charge in [0.2, 0.25) is 11.8 Å². The van der Waals surface area contributed by atoms with Gasteiger partial charge in [-0.2, -0.15) is 0 Å². The number of hydrogen-bond acceptors (Lipinski definition) is 4. The van der Waals surface area contributed by atoms with Crippen molar-refractivity contribution >= 4 is 55.3 Å². The highest BCUT2D eigenvalue weighted by Crippen LogP contribution is 2.70. The Hall–Kier alpha value is -2.77. The maximum Gasteiger partial charge on any atom is 0.338 e. The fourth-order valence-corrected chi connectivity index (χ4v) is 8.93. The standard InChI is InChI=1S/C32H29Br2NO4/c1-2-3-4-5-10-19-39-30(38)20-15-17-21(18-16-20)35-28(36)26-27(29(35)37)32(34)23-12-7-6-11-22(23)31(26,33)24-13-8-9-14-25(24)32/h6-9,11-18,26-27H,2-5,10,19H2,1H3/t26-,27-,31?,32?/m0/s1. The van der Waals surface area contributed by atoms with Crippen LogP contribution in [0.2, 0.25) is 0 Å². The third-order valence-corrected chi connectivity index (χ3v) is 11.1. The Morgan fingerprint density at radius 3 is 1.67 bits per heavy atom. The maximum atomic E-state index is 14.1. The zero-order valence-corrected chi connectivity index (χ0v) is 24.8. The lowest BCUT2D eigenvalue weighted by Crippen LogP contribution is -2.56. The van der Waals surface area contributed by atoms with Gasteiger partial charge in [0, 0.05) is 0 Å². The number of alkyl halides is 2. The molecule has 7 rings (SSSR count). The molecular weight excluding hydrogens is 622 g/mol. The summed E-state index contributed by atoms with van der Waals surface area (Å²) in [6.45, 7) is 2.55. The van der Waals surface area contributed by atoms with Crippen molar-refractivity contribution in [2.75, 3.05) is 11.5 Å². The number of esters is 1. The number of ether oxygens (including phenoxy) is 1. The van der Waals surface area contributed by atoms with Crippen molar-refractivity contribution < 1.29 is 19.1 Å². The minimum atomic E-state index is -0.831. The molecule has 3 aliphatic carbocycles. The number of imide groups is 1. The lowest BCUT2D eigenvalue weighted by atomic mass is 9.54. The normalized spacial score (nSPS) is 26.3. The zero-order valence-electron chi connectivity index (χ0n) is 21.7. The number of carbonyl (C=O) groups excluding carboxylic acids is 3. The van der Waals surface area contributed by atoms with E-state index in [2.05, 4.69) is 38.8 Å². The minimum Gasteiger partial charge on any atom is -0.462 e. The smallest absolute Gasteiger partial charge is 0.338 e. The zero-order chi connectivity index (χ0) is 27.4. The van der Waals surface area contributed by atoms with E-state index >= 15 is 0 Å². The summed E-state index contributed by atoms with van der Waals surface area (Å²) in [5.74, 6) is -2.17. The summed E-state index contributed by atoms with van der Waals surface area (Å²) >= 11 is 8.04. The summed E-state index contributed by atoms with van der Waals surface area (Å²) in [7, 11) is 0. The van der Waals surface area contributed by atoms with Gasteiger partial charge in [-0.15, -0.1) is 0 Å². The minimum absolute atomic E-state index is 0.253. The van der Waals surface area contributed by atoms with Crippen LogP contribution >= 0.6 is 31.9 Å². The number of anilines is 1. The van der Waals surface area contributed by atoms with Crippen LogP contribution in [0.4, 0.5) is 5.69 Å². The van der Waals surface area contributed by atoms with E-state index in [0.717, 1.165) is 41.5 Å². The molecule has 2 bridgehead atoms. The van der Waals surface area contributed by atoms with Crippen LogP contribution in [-0.4, -0.2) is 24.4 Å². The van der Waals surface area contributed by atoms with Crippen LogP contribution in [0.15, 0.2) is 72.8 Å². The van der Waals surface area contributed by atoms with Crippen LogP contribution in [0.25, 0.3) is 0 Å². The molecule has 0 radical (unpaired) electrons. The van der Waals surface area contributed by atoms with E-state index in [0.29, 0.717) is 17.9 Å². The van der Waals surface area contributed by atoms with Gasteiger partial charge in [-0.05, 0) is 52.9 Å². The summed E-state index contributed by atoms with van der Waals surface area (Å²) in [5.41, 5.74) is 4.85. The van der Waals surface area contributed by atoms with Gasteiger partial charge in [0.25, 0.3) is 0 Å². The van der Waals surface area contributed by atoms with E-state index in [1.807, 2.05) is 48.5 Å². The first-order chi connectivity index (χ1) is 18.8. The first-order valence-corrected chi connectivity index (χ1v) is 15.2. The van der Waals surface area contributed by atoms with E-state index in [1.54, 1.807) is 24.3 Å². The Labute approximate surface area is 245 Å². The molecule has 3 aromatic rings. The number of halogens is 2. The molecule has 4 aliphatic rings. The van der Waals surface area contributed by atoms with Crippen LogP contribution in [0.3, 0.4) is 0 Å². The monoisotopic (exact) mass is 649 g/mol. The van der Waals surface area contributed by atoms with Gasteiger partial charge in [-0.25, -0.2) is 9.69 Å². The Morgan fingerprint density at radius 2 is 1.21 bits per heavy atom. The van der Waals surface area contributed by atoms with Crippen molar-refractivity contribution in [1.82, 2.24) is 0 Å². The van der Waals surface area contributed by atoms with Crippen LogP contribution in [0, 0.1) is 11.8 Å². The number of amides is 2. The average Bonchev–Trinajstić information content (AvgIpc) is 3.24. The topological polar surface area (TPSA) is 63.7 Å². The lowest BCUT2D eigenvalue weighted by molar-refractivity contribution is -0.122. The molecule has 2 atom stereocenters. The van der Waals surface area contributed by atoms with E-state index < -0.39 is 26.5 Å².